The van der Waals surface area contributed by atoms with Crippen molar-refractivity contribution in [3.8, 4) is 0 Å². The van der Waals surface area contributed by atoms with Crippen LogP contribution in [0.15, 0.2) is 35.1 Å². The molecule has 1 aliphatic heterocycles. The van der Waals surface area contributed by atoms with Crippen molar-refractivity contribution in [3.05, 3.63) is 63.3 Å². The van der Waals surface area contributed by atoms with Gasteiger partial charge >= 0.3 is 0 Å². The lowest BCUT2D eigenvalue weighted by atomic mass is 9.89. The Morgan fingerprint density at radius 2 is 2.00 bits per heavy atom. The first kappa shape index (κ1) is 15.4. The molecule has 1 aliphatic rings. The number of halogens is 1. The molecule has 0 saturated heterocycles. The number of rotatable bonds is 1. The monoisotopic (exact) mass is 315 g/mol. The van der Waals surface area contributed by atoms with Crippen molar-refractivity contribution in [2.75, 3.05) is 0 Å². The summed E-state index contributed by atoms with van der Waals surface area (Å²) in [5, 5.41) is 4.04. The summed E-state index contributed by atoms with van der Waals surface area (Å²) in [4.78, 5) is 26.0. The third-order valence-corrected chi connectivity index (χ3v) is 4.38. The minimum atomic E-state index is -0.262. The van der Waals surface area contributed by atoms with Gasteiger partial charge in [-0.1, -0.05) is 6.07 Å². The maximum atomic E-state index is 13.4. The van der Waals surface area contributed by atoms with E-state index < -0.39 is 0 Å². The van der Waals surface area contributed by atoms with Crippen LogP contribution in [0.5, 0.6) is 0 Å². The van der Waals surface area contributed by atoms with Gasteiger partial charge in [0.1, 0.15) is 11.5 Å². The van der Waals surface area contributed by atoms with Gasteiger partial charge in [-0.2, -0.15) is 5.10 Å². The van der Waals surface area contributed by atoms with Gasteiger partial charge < -0.3 is 4.90 Å². The van der Waals surface area contributed by atoms with Crippen LogP contribution >= 0.6 is 0 Å². The molecule has 1 amide bonds. The maximum Gasteiger partial charge on any atom is 0.275 e. The molecule has 2 atom stereocenters. The third-order valence-electron chi connectivity index (χ3n) is 4.38. The number of hydrogen-bond donors (Lipinski definition) is 0. The smallest absolute Gasteiger partial charge is 0.275 e. The molecule has 1 aromatic heterocycles. The van der Waals surface area contributed by atoms with E-state index in [9.17, 15) is 14.0 Å². The number of fused-ring (bicyclic) bond motifs is 1. The summed E-state index contributed by atoms with van der Waals surface area (Å²) in [7, 11) is 1.51. The van der Waals surface area contributed by atoms with E-state index in [1.54, 1.807) is 11.0 Å². The Hall–Kier alpha value is -2.50. The van der Waals surface area contributed by atoms with Crippen molar-refractivity contribution in [1.29, 1.82) is 0 Å². The van der Waals surface area contributed by atoms with E-state index in [4.69, 9.17) is 0 Å². The highest BCUT2D eigenvalue weighted by Gasteiger charge is 2.34. The zero-order valence-corrected chi connectivity index (χ0v) is 13.3. The van der Waals surface area contributed by atoms with Crippen molar-refractivity contribution in [3.63, 3.8) is 0 Å². The molecular weight excluding hydrogens is 297 g/mol. The van der Waals surface area contributed by atoms with Gasteiger partial charge in [0.15, 0.2) is 0 Å². The van der Waals surface area contributed by atoms with Crippen LogP contribution in [0, 0.1) is 5.82 Å². The number of benzene rings is 1. The number of carbonyl (C=O) groups is 1. The largest absolute Gasteiger partial charge is 0.327 e. The van der Waals surface area contributed by atoms with Crippen LogP contribution in [-0.4, -0.2) is 26.6 Å². The topological polar surface area (TPSA) is 55.2 Å². The molecule has 3 rings (SSSR count). The van der Waals surface area contributed by atoms with E-state index in [0.717, 1.165) is 15.8 Å². The van der Waals surface area contributed by atoms with Crippen molar-refractivity contribution < 1.29 is 9.18 Å². The number of aromatic nitrogens is 2. The molecule has 0 saturated carbocycles. The fraction of sp³-hybridized carbons (Fsp3) is 0.353. The van der Waals surface area contributed by atoms with E-state index in [1.807, 2.05) is 13.8 Å². The second kappa shape index (κ2) is 5.61. The molecule has 6 heteroatoms. The summed E-state index contributed by atoms with van der Waals surface area (Å²) < 4.78 is 14.6. The fourth-order valence-electron chi connectivity index (χ4n) is 3.23. The third kappa shape index (κ3) is 2.65. The molecule has 0 unspecified atom stereocenters. The van der Waals surface area contributed by atoms with Crippen LogP contribution in [0.3, 0.4) is 0 Å². The Morgan fingerprint density at radius 3 is 2.70 bits per heavy atom. The van der Waals surface area contributed by atoms with Gasteiger partial charge in [0.25, 0.3) is 11.5 Å². The summed E-state index contributed by atoms with van der Waals surface area (Å²) in [5.41, 5.74) is 1.85. The molecule has 23 heavy (non-hydrogen) atoms. The molecule has 0 aliphatic carbocycles. The predicted octanol–water partition coefficient (Wildman–Crippen LogP) is 2.07. The molecule has 1 aromatic carbocycles. The van der Waals surface area contributed by atoms with Gasteiger partial charge in [0.05, 0.1) is 6.04 Å². The molecule has 2 aromatic rings. The Kier molecular flexibility index (Phi) is 3.75. The minimum Gasteiger partial charge on any atom is -0.327 e. The van der Waals surface area contributed by atoms with Crippen molar-refractivity contribution in [1.82, 2.24) is 14.7 Å². The van der Waals surface area contributed by atoms with Gasteiger partial charge in [-0.15, -0.1) is 0 Å². The van der Waals surface area contributed by atoms with Gasteiger partial charge in [-0.25, -0.2) is 9.07 Å². The Morgan fingerprint density at radius 1 is 1.26 bits per heavy atom. The van der Waals surface area contributed by atoms with Crippen LogP contribution in [0.1, 0.15) is 41.5 Å². The molecule has 120 valence electrons. The van der Waals surface area contributed by atoms with Gasteiger partial charge in [-0.3, -0.25) is 9.59 Å². The van der Waals surface area contributed by atoms with E-state index in [-0.39, 0.29) is 35.1 Å². The Bertz CT molecular complexity index is 831. The molecule has 2 heterocycles. The van der Waals surface area contributed by atoms with Crippen LogP contribution in [0.4, 0.5) is 4.39 Å². The SMILES string of the molecule is C[C@@H]1Cc2cc(F)ccc2[C@@H](C)N1C(=O)c1ccc(=O)n(C)n1. The number of carbonyl (C=O) groups excluding carboxylic acids is 1. The van der Waals surface area contributed by atoms with Gasteiger partial charge in [0, 0.05) is 19.2 Å². The minimum absolute atomic E-state index is 0.0779. The van der Waals surface area contributed by atoms with Crippen molar-refractivity contribution in [2.24, 2.45) is 7.05 Å². The Labute approximate surface area is 133 Å². The van der Waals surface area contributed by atoms with Gasteiger partial charge in [0.2, 0.25) is 0 Å². The normalized spacial score (nSPS) is 20.3. The standard InChI is InChI=1S/C17H18FN3O2/c1-10-8-12-9-13(18)4-5-14(12)11(2)21(10)17(23)15-6-7-16(22)20(3)19-15/h4-7,9-11H,8H2,1-3H3/t10-,11-/m1/s1. The molecule has 0 radical (unpaired) electrons. The lowest BCUT2D eigenvalue weighted by molar-refractivity contribution is 0.0571. The van der Waals surface area contributed by atoms with Crippen LogP contribution < -0.4 is 5.56 Å². The molecule has 5 nitrogen and oxygen atoms in total. The summed E-state index contributed by atoms with van der Waals surface area (Å²) in [6, 6.07) is 7.21. The second-order valence-electron chi connectivity index (χ2n) is 5.97. The molecule has 0 fully saturated rings. The number of hydrogen-bond acceptors (Lipinski definition) is 3. The van der Waals surface area contributed by atoms with E-state index >= 15 is 0 Å². The zero-order chi connectivity index (χ0) is 16.7. The van der Waals surface area contributed by atoms with E-state index in [0.29, 0.717) is 6.42 Å². The average molecular weight is 315 g/mol. The van der Waals surface area contributed by atoms with Crippen LogP contribution in [0.25, 0.3) is 0 Å². The molecular formula is C17H18FN3O2. The summed E-state index contributed by atoms with van der Waals surface area (Å²) >= 11 is 0. The highest BCUT2D eigenvalue weighted by molar-refractivity contribution is 5.92. The van der Waals surface area contributed by atoms with Crippen LogP contribution in [-0.2, 0) is 13.5 Å². The highest BCUT2D eigenvalue weighted by Crippen LogP contribution is 2.34. The first-order valence-electron chi connectivity index (χ1n) is 7.54. The molecule has 0 bridgehead atoms. The molecule has 0 N–H and O–H groups in total. The van der Waals surface area contributed by atoms with E-state index in [2.05, 4.69) is 5.10 Å². The van der Waals surface area contributed by atoms with E-state index in [1.165, 1.54) is 31.3 Å². The van der Waals surface area contributed by atoms with Crippen LogP contribution in [0.2, 0.25) is 0 Å². The molecule has 0 spiro atoms. The average Bonchev–Trinajstić information content (AvgIpc) is 2.49. The lowest BCUT2D eigenvalue weighted by Gasteiger charge is -2.40. The summed E-state index contributed by atoms with van der Waals surface area (Å²) in [6.07, 6.45) is 0.592. The number of aryl methyl sites for hydroxylation is 1. The quantitative estimate of drug-likeness (QED) is 0.809. The second-order valence-corrected chi connectivity index (χ2v) is 5.97. The zero-order valence-electron chi connectivity index (χ0n) is 13.3. The number of amides is 1. The van der Waals surface area contributed by atoms with Crippen molar-refractivity contribution >= 4 is 5.91 Å². The summed E-state index contributed by atoms with van der Waals surface area (Å²) in [6.45, 7) is 3.86. The first-order chi connectivity index (χ1) is 10.9. The maximum absolute atomic E-state index is 13.4. The number of nitrogens with zero attached hydrogens (tertiary/aromatic N) is 3. The van der Waals surface area contributed by atoms with Crippen molar-refractivity contribution in [2.45, 2.75) is 32.4 Å². The summed E-state index contributed by atoms with van der Waals surface area (Å²) in [5.74, 6) is -0.488. The predicted molar refractivity (Wildman–Crippen MR) is 83.6 cm³/mol. The fourth-order valence-corrected chi connectivity index (χ4v) is 3.23. The van der Waals surface area contributed by atoms with Gasteiger partial charge in [-0.05, 0) is 49.6 Å². The lowest BCUT2D eigenvalue weighted by Crippen LogP contribution is -2.45. The first-order valence-corrected chi connectivity index (χ1v) is 7.54. The Balaban J connectivity index is 1.99. The highest BCUT2D eigenvalue weighted by atomic mass is 19.1.